The summed E-state index contributed by atoms with van der Waals surface area (Å²) in [6, 6.07) is 0.593. The van der Waals surface area contributed by atoms with Gasteiger partial charge in [0.25, 0.3) is 0 Å². The minimum atomic E-state index is -3.83. The molecule has 2 heterocycles. The molecule has 1 aromatic heterocycles. The van der Waals surface area contributed by atoms with Crippen molar-refractivity contribution in [2.75, 3.05) is 6.54 Å². The van der Waals surface area contributed by atoms with Gasteiger partial charge in [0.1, 0.15) is 10.9 Å². The van der Waals surface area contributed by atoms with Crippen LogP contribution in [0.3, 0.4) is 0 Å². The Kier molecular flexibility index (Phi) is 3.56. The van der Waals surface area contributed by atoms with Crippen molar-refractivity contribution in [2.24, 2.45) is 5.73 Å². The second kappa shape index (κ2) is 4.83. The lowest BCUT2D eigenvalue weighted by Crippen LogP contribution is -2.43. The minimum Gasteiger partial charge on any atom is -0.368 e. The van der Waals surface area contributed by atoms with Gasteiger partial charge in [-0.1, -0.05) is 11.6 Å². The zero-order valence-corrected chi connectivity index (χ0v) is 11.0. The average Bonchev–Trinajstić information content (AvgIpc) is 2.78. The molecule has 2 rings (SSSR count). The number of carbonyl (C=O) groups excluding carboxylic acids is 1. The van der Waals surface area contributed by atoms with Crippen LogP contribution in [0.15, 0.2) is 23.4 Å². The minimum absolute atomic E-state index is 0.0834. The molecule has 1 unspecified atom stereocenters. The number of halogens is 1. The number of aromatic nitrogens is 1. The Hall–Kier alpha value is -1.18. The van der Waals surface area contributed by atoms with Crippen LogP contribution in [0.25, 0.3) is 0 Å². The summed E-state index contributed by atoms with van der Waals surface area (Å²) in [6.45, 7) is 0.265. The lowest BCUT2D eigenvalue weighted by atomic mass is 10.2. The van der Waals surface area contributed by atoms with Gasteiger partial charge in [0.15, 0.2) is 0 Å². The largest absolute Gasteiger partial charge is 0.368 e. The Morgan fingerprint density at radius 3 is 2.89 bits per heavy atom. The van der Waals surface area contributed by atoms with Crippen molar-refractivity contribution in [2.45, 2.75) is 23.8 Å². The molecule has 1 atom stereocenters. The Morgan fingerprint density at radius 2 is 2.28 bits per heavy atom. The van der Waals surface area contributed by atoms with Crippen molar-refractivity contribution in [1.29, 1.82) is 0 Å². The normalized spacial score (nSPS) is 21.1. The third-order valence-corrected chi connectivity index (χ3v) is 5.23. The predicted octanol–water partition coefficient (Wildman–Crippen LogP) is 0.373. The summed E-state index contributed by atoms with van der Waals surface area (Å²) in [7, 11) is -3.83. The molecule has 1 aliphatic heterocycles. The fourth-order valence-electron chi connectivity index (χ4n) is 1.99. The molecule has 8 heteroatoms. The van der Waals surface area contributed by atoms with Gasteiger partial charge >= 0.3 is 0 Å². The van der Waals surface area contributed by atoms with Crippen molar-refractivity contribution in [1.82, 2.24) is 9.29 Å². The fraction of sp³-hybridized carbons (Fsp3) is 0.400. The molecule has 1 saturated heterocycles. The summed E-state index contributed by atoms with van der Waals surface area (Å²) >= 11 is 5.85. The molecule has 0 bridgehead atoms. The van der Waals surface area contributed by atoms with Crippen LogP contribution in [0.1, 0.15) is 12.8 Å². The van der Waals surface area contributed by atoms with Crippen LogP contribution in [-0.2, 0) is 14.8 Å². The average molecular weight is 290 g/mol. The molecular weight excluding hydrogens is 278 g/mol. The maximum Gasteiger partial charge on any atom is 0.246 e. The van der Waals surface area contributed by atoms with Crippen LogP contribution in [0, 0.1) is 0 Å². The first-order valence-electron chi connectivity index (χ1n) is 5.35. The van der Waals surface area contributed by atoms with Crippen LogP contribution >= 0.6 is 11.6 Å². The molecule has 6 nitrogen and oxygen atoms in total. The number of nitrogens with zero attached hydrogens (tertiary/aromatic N) is 2. The summed E-state index contributed by atoms with van der Waals surface area (Å²) in [5, 5.41) is 0.0834. The highest BCUT2D eigenvalue weighted by Gasteiger charge is 2.39. The van der Waals surface area contributed by atoms with E-state index in [0.29, 0.717) is 12.8 Å². The topological polar surface area (TPSA) is 93.4 Å². The first-order chi connectivity index (χ1) is 8.44. The molecule has 0 aromatic carbocycles. The van der Waals surface area contributed by atoms with Gasteiger partial charge in [0.2, 0.25) is 15.9 Å². The quantitative estimate of drug-likeness (QED) is 0.870. The smallest absolute Gasteiger partial charge is 0.246 e. The molecule has 1 amide bonds. The molecule has 0 radical (unpaired) electrons. The molecule has 0 saturated carbocycles. The molecule has 0 spiro atoms. The standard InChI is InChI=1S/C10H12ClN3O3S/c11-7-3-4-13-6-9(7)18(16,17)14-5-1-2-8(14)10(12)15/h3-4,6,8H,1-2,5H2,(H2,12,15). The number of nitrogens with two attached hydrogens (primary N) is 1. The zero-order chi connectivity index (χ0) is 13.3. The van der Waals surface area contributed by atoms with E-state index in [-0.39, 0.29) is 16.5 Å². The third kappa shape index (κ3) is 2.21. The summed E-state index contributed by atoms with van der Waals surface area (Å²) in [5.41, 5.74) is 5.21. The Balaban J connectivity index is 2.43. The van der Waals surface area contributed by atoms with Crippen molar-refractivity contribution in [3.63, 3.8) is 0 Å². The third-order valence-electron chi connectivity index (χ3n) is 2.85. The van der Waals surface area contributed by atoms with Crippen molar-refractivity contribution in [3.8, 4) is 0 Å². The molecule has 1 aliphatic rings. The Morgan fingerprint density at radius 1 is 1.56 bits per heavy atom. The Labute approximate surface area is 110 Å². The number of primary amides is 1. The van der Waals surface area contributed by atoms with Gasteiger partial charge in [0, 0.05) is 18.9 Å². The van der Waals surface area contributed by atoms with Gasteiger partial charge < -0.3 is 5.73 Å². The van der Waals surface area contributed by atoms with Gasteiger partial charge in [-0.2, -0.15) is 4.31 Å². The number of sulfonamides is 1. The van der Waals surface area contributed by atoms with E-state index < -0.39 is 22.0 Å². The van der Waals surface area contributed by atoms with E-state index in [9.17, 15) is 13.2 Å². The zero-order valence-electron chi connectivity index (χ0n) is 9.41. The predicted molar refractivity (Wildman–Crippen MR) is 65.4 cm³/mol. The van der Waals surface area contributed by atoms with Gasteiger partial charge in [-0.05, 0) is 18.9 Å². The molecule has 0 aliphatic carbocycles. The van der Waals surface area contributed by atoms with Gasteiger partial charge in [-0.3, -0.25) is 9.78 Å². The van der Waals surface area contributed by atoms with E-state index in [1.165, 1.54) is 18.5 Å². The number of pyridine rings is 1. The van der Waals surface area contributed by atoms with Gasteiger partial charge in [-0.25, -0.2) is 8.42 Å². The van der Waals surface area contributed by atoms with Crippen LogP contribution < -0.4 is 5.73 Å². The maximum absolute atomic E-state index is 12.4. The highest BCUT2D eigenvalue weighted by molar-refractivity contribution is 7.89. The molecule has 1 fully saturated rings. The Bertz CT molecular complexity index is 575. The van der Waals surface area contributed by atoms with E-state index in [1.807, 2.05) is 0 Å². The van der Waals surface area contributed by atoms with E-state index in [0.717, 1.165) is 4.31 Å². The highest BCUT2D eigenvalue weighted by atomic mass is 35.5. The van der Waals surface area contributed by atoms with E-state index in [1.54, 1.807) is 0 Å². The first-order valence-corrected chi connectivity index (χ1v) is 7.17. The van der Waals surface area contributed by atoms with Crippen LogP contribution in [-0.4, -0.2) is 36.2 Å². The fourth-order valence-corrected chi connectivity index (χ4v) is 4.06. The number of carbonyl (C=O) groups is 1. The molecular formula is C10H12ClN3O3S. The van der Waals surface area contributed by atoms with Crippen LogP contribution in [0.2, 0.25) is 5.02 Å². The molecule has 2 N–H and O–H groups in total. The number of hydrogen-bond acceptors (Lipinski definition) is 4. The second-order valence-corrected chi connectivity index (χ2v) is 6.25. The monoisotopic (exact) mass is 289 g/mol. The lowest BCUT2D eigenvalue weighted by Gasteiger charge is -2.21. The summed E-state index contributed by atoms with van der Waals surface area (Å²) in [5.74, 6) is -0.643. The number of rotatable bonds is 3. The SMILES string of the molecule is NC(=O)C1CCCN1S(=O)(=O)c1cnccc1Cl. The van der Waals surface area contributed by atoms with Gasteiger partial charge in [-0.15, -0.1) is 0 Å². The first kappa shape index (κ1) is 13.3. The summed E-state index contributed by atoms with van der Waals surface area (Å²) < 4.78 is 25.8. The second-order valence-electron chi connectivity index (χ2n) is 3.98. The summed E-state index contributed by atoms with van der Waals surface area (Å²) in [4.78, 5) is 14.9. The van der Waals surface area contributed by atoms with E-state index in [4.69, 9.17) is 17.3 Å². The van der Waals surface area contributed by atoms with E-state index >= 15 is 0 Å². The summed E-state index contributed by atoms with van der Waals surface area (Å²) in [6.07, 6.45) is 3.61. The van der Waals surface area contributed by atoms with Crippen molar-refractivity contribution in [3.05, 3.63) is 23.5 Å². The van der Waals surface area contributed by atoms with Crippen LogP contribution in [0.5, 0.6) is 0 Å². The number of hydrogen-bond donors (Lipinski definition) is 1. The molecule has 18 heavy (non-hydrogen) atoms. The molecule has 98 valence electrons. The maximum atomic E-state index is 12.4. The van der Waals surface area contributed by atoms with Crippen molar-refractivity contribution >= 4 is 27.5 Å². The van der Waals surface area contributed by atoms with Crippen molar-refractivity contribution < 1.29 is 13.2 Å². The highest BCUT2D eigenvalue weighted by Crippen LogP contribution is 2.29. The van der Waals surface area contributed by atoms with Gasteiger partial charge in [0.05, 0.1) is 5.02 Å². The van der Waals surface area contributed by atoms with E-state index in [2.05, 4.69) is 4.98 Å². The molecule has 1 aromatic rings. The van der Waals surface area contributed by atoms with Crippen LogP contribution in [0.4, 0.5) is 0 Å². The number of amides is 1. The lowest BCUT2D eigenvalue weighted by molar-refractivity contribution is -0.121.